The highest BCUT2D eigenvalue weighted by Crippen LogP contribution is 2.38. The van der Waals surface area contributed by atoms with Crippen molar-refractivity contribution in [2.24, 2.45) is 5.73 Å². The Labute approximate surface area is 143 Å². The van der Waals surface area contributed by atoms with Crippen molar-refractivity contribution >= 4 is 35.8 Å². The molecule has 0 heterocycles. The highest BCUT2D eigenvalue weighted by Gasteiger charge is 2.18. The van der Waals surface area contributed by atoms with Gasteiger partial charge in [0.2, 0.25) is 5.91 Å². The fourth-order valence-corrected chi connectivity index (χ4v) is 3.86. The zero-order valence-electron chi connectivity index (χ0n) is 12.9. The van der Waals surface area contributed by atoms with Crippen molar-refractivity contribution < 1.29 is 9.53 Å². The summed E-state index contributed by atoms with van der Waals surface area (Å²) < 4.78 is 5.15. The van der Waals surface area contributed by atoms with Gasteiger partial charge in [-0.05, 0) is 25.0 Å². The molecule has 0 saturated heterocycles. The molecule has 1 aliphatic carbocycles. The third-order valence-corrected chi connectivity index (χ3v) is 5.18. The molecule has 0 spiro atoms. The SMILES string of the molecule is COC(CN)CC(=O)Nc1ccccc1SC1CCCC1.Cl. The van der Waals surface area contributed by atoms with E-state index < -0.39 is 0 Å². The molecule has 1 amide bonds. The minimum Gasteiger partial charge on any atom is -0.380 e. The van der Waals surface area contributed by atoms with Crippen LogP contribution < -0.4 is 11.1 Å². The van der Waals surface area contributed by atoms with Crippen LogP contribution in [0.25, 0.3) is 0 Å². The van der Waals surface area contributed by atoms with Crippen LogP contribution in [0.3, 0.4) is 0 Å². The minimum absolute atomic E-state index is 0. The quantitative estimate of drug-likeness (QED) is 0.795. The number of nitrogens with two attached hydrogens (primary N) is 1. The standard InChI is InChI=1S/C16H24N2O2S.ClH/c1-20-12(11-17)10-16(19)18-14-8-4-5-9-15(14)21-13-6-2-3-7-13;/h4-5,8-9,12-13H,2-3,6-7,10-11,17H2,1H3,(H,18,19);1H. The molecule has 124 valence electrons. The summed E-state index contributed by atoms with van der Waals surface area (Å²) in [7, 11) is 1.58. The fraction of sp³-hybridized carbons (Fsp3) is 0.562. The molecule has 22 heavy (non-hydrogen) atoms. The number of carbonyl (C=O) groups excluding carboxylic acids is 1. The predicted molar refractivity (Wildman–Crippen MR) is 94.9 cm³/mol. The number of hydrogen-bond acceptors (Lipinski definition) is 4. The molecule has 0 aliphatic heterocycles. The van der Waals surface area contributed by atoms with Gasteiger partial charge in [0.15, 0.2) is 0 Å². The van der Waals surface area contributed by atoms with Crippen molar-refractivity contribution in [3.05, 3.63) is 24.3 Å². The van der Waals surface area contributed by atoms with Gasteiger partial charge in [-0.25, -0.2) is 0 Å². The Morgan fingerprint density at radius 3 is 2.73 bits per heavy atom. The van der Waals surface area contributed by atoms with E-state index in [0.717, 1.165) is 10.6 Å². The second-order valence-corrected chi connectivity index (χ2v) is 6.71. The summed E-state index contributed by atoms with van der Waals surface area (Å²) in [6.45, 7) is 0.350. The molecule has 1 aliphatic rings. The van der Waals surface area contributed by atoms with Crippen molar-refractivity contribution in [3.63, 3.8) is 0 Å². The third kappa shape index (κ3) is 5.80. The molecule has 1 aromatic rings. The smallest absolute Gasteiger partial charge is 0.227 e. The van der Waals surface area contributed by atoms with Gasteiger partial charge in [0.1, 0.15) is 0 Å². The summed E-state index contributed by atoms with van der Waals surface area (Å²) in [5.74, 6) is -0.0493. The average Bonchev–Trinajstić information content (AvgIpc) is 3.00. The monoisotopic (exact) mass is 344 g/mol. The summed E-state index contributed by atoms with van der Waals surface area (Å²) in [4.78, 5) is 13.2. The van der Waals surface area contributed by atoms with E-state index in [0.29, 0.717) is 11.8 Å². The van der Waals surface area contributed by atoms with Crippen LogP contribution in [0.4, 0.5) is 5.69 Å². The highest BCUT2D eigenvalue weighted by molar-refractivity contribution is 8.00. The second kappa shape index (κ2) is 10.1. The van der Waals surface area contributed by atoms with Crippen molar-refractivity contribution in [2.45, 2.75) is 48.4 Å². The van der Waals surface area contributed by atoms with Crippen LogP contribution >= 0.6 is 24.2 Å². The maximum atomic E-state index is 12.1. The molecule has 0 aromatic heterocycles. The molecule has 1 fully saturated rings. The number of thioether (sulfide) groups is 1. The number of nitrogens with one attached hydrogen (secondary N) is 1. The predicted octanol–water partition coefficient (Wildman–Crippen LogP) is 3.45. The molecule has 1 saturated carbocycles. The van der Waals surface area contributed by atoms with Gasteiger partial charge in [-0.3, -0.25) is 4.79 Å². The van der Waals surface area contributed by atoms with Crippen LogP contribution in [0.15, 0.2) is 29.2 Å². The zero-order valence-corrected chi connectivity index (χ0v) is 14.6. The van der Waals surface area contributed by atoms with Gasteiger partial charge in [-0.15, -0.1) is 24.2 Å². The molecular weight excluding hydrogens is 320 g/mol. The first-order valence-corrected chi connectivity index (χ1v) is 8.39. The van der Waals surface area contributed by atoms with Gasteiger partial charge in [0.05, 0.1) is 18.2 Å². The topological polar surface area (TPSA) is 64.3 Å². The first-order valence-electron chi connectivity index (χ1n) is 7.51. The van der Waals surface area contributed by atoms with Gasteiger partial charge >= 0.3 is 0 Å². The van der Waals surface area contributed by atoms with E-state index in [1.54, 1.807) is 7.11 Å². The van der Waals surface area contributed by atoms with Crippen molar-refractivity contribution in [1.82, 2.24) is 0 Å². The maximum Gasteiger partial charge on any atom is 0.227 e. The van der Waals surface area contributed by atoms with Gasteiger partial charge in [0, 0.05) is 23.8 Å². The largest absolute Gasteiger partial charge is 0.380 e. The normalized spacial score (nSPS) is 16.1. The van der Waals surface area contributed by atoms with Crippen LogP contribution in [0, 0.1) is 0 Å². The number of halogens is 1. The van der Waals surface area contributed by atoms with Crippen molar-refractivity contribution in [3.8, 4) is 0 Å². The van der Waals surface area contributed by atoms with E-state index in [1.165, 1.54) is 25.7 Å². The van der Waals surface area contributed by atoms with Crippen LogP contribution in [-0.2, 0) is 9.53 Å². The van der Waals surface area contributed by atoms with Gasteiger partial charge in [0.25, 0.3) is 0 Å². The number of para-hydroxylation sites is 1. The summed E-state index contributed by atoms with van der Waals surface area (Å²) in [5.41, 5.74) is 6.45. The lowest BCUT2D eigenvalue weighted by atomic mass is 10.2. The van der Waals surface area contributed by atoms with E-state index in [9.17, 15) is 4.79 Å². The number of methoxy groups -OCH3 is 1. The molecule has 3 N–H and O–H groups in total. The number of ether oxygens (including phenoxy) is 1. The molecule has 1 unspecified atom stereocenters. The van der Waals surface area contributed by atoms with E-state index in [1.807, 2.05) is 30.0 Å². The molecule has 4 nitrogen and oxygen atoms in total. The molecular formula is C16H25ClN2O2S. The first-order chi connectivity index (χ1) is 10.2. The van der Waals surface area contributed by atoms with Crippen LogP contribution in [-0.4, -0.2) is 30.9 Å². The maximum absolute atomic E-state index is 12.1. The van der Waals surface area contributed by atoms with E-state index in [2.05, 4.69) is 11.4 Å². The van der Waals surface area contributed by atoms with Crippen molar-refractivity contribution in [1.29, 1.82) is 0 Å². The Morgan fingerprint density at radius 1 is 1.41 bits per heavy atom. The second-order valence-electron chi connectivity index (χ2n) is 5.37. The number of anilines is 1. The summed E-state index contributed by atoms with van der Waals surface area (Å²) in [5, 5.41) is 3.67. The Hall–Kier alpha value is -0.750. The third-order valence-electron chi connectivity index (χ3n) is 3.77. The van der Waals surface area contributed by atoms with Crippen molar-refractivity contribution in [2.75, 3.05) is 19.0 Å². The van der Waals surface area contributed by atoms with Gasteiger partial charge in [-0.1, -0.05) is 25.0 Å². The summed E-state index contributed by atoms with van der Waals surface area (Å²) in [6, 6.07) is 8.00. The lowest BCUT2D eigenvalue weighted by Gasteiger charge is -2.16. The lowest BCUT2D eigenvalue weighted by molar-refractivity contribution is -0.118. The number of rotatable bonds is 7. The Bertz CT molecular complexity index is 463. The van der Waals surface area contributed by atoms with Gasteiger partial charge < -0.3 is 15.8 Å². The molecule has 0 radical (unpaired) electrons. The molecule has 0 bridgehead atoms. The van der Waals surface area contributed by atoms with Gasteiger partial charge in [-0.2, -0.15) is 0 Å². The Balaban J connectivity index is 0.00000242. The Kier molecular flexibility index (Phi) is 8.86. The first kappa shape index (κ1) is 19.3. The van der Waals surface area contributed by atoms with Crippen LogP contribution in [0.2, 0.25) is 0 Å². The molecule has 2 rings (SSSR count). The average molecular weight is 345 g/mol. The fourth-order valence-electron chi connectivity index (χ4n) is 2.53. The van der Waals surface area contributed by atoms with E-state index in [-0.39, 0.29) is 30.8 Å². The number of hydrogen-bond donors (Lipinski definition) is 2. The summed E-state index contributed by atoms with van der Waals surface area (Å²) in [6.07, 6.45) is 5.24. The van der Waals surface area contributed by atoms with E-state index in [4.69, 9.17) is 10.5 Å². The molecule has 6 heteroatoms. The summed E-state index contributed by atoms with van der Waals surface area (Å²) >= 11 is 1.88. The molecule has 1 atom stereocenters. The lowest BCUT2D eigenvalue weighted by Crippen LogP contribution is -2.28. The van der Waals surface area contributed by atoms with E-state index >= 15 is 0 Å². The zero-order chi connectivity index (χ0) is 15.1. The minimum atomic E-state index is -0.223. The molecule has 1 aromatic carbocycles. The highest BCUT2D eigenvalue weighted by atomic mass is 35.5. The number of amides is 1. The number of benzene rings is 1. The van der Waals surface area contributed by atoms with Crippen LogP contribution in [0.5, 0.6) is 0 Å². The van der Waals surface area contributed by atoms with Crippen LogP contribution in [0.1, 0.15) is 32.1 Å². The Morgan fingerprint density at radius 2 is 2.09 bits per heavy atom. The number of carbonyl (C=O) groups is 1.